The van der Waals surface area contributed by atoms with Gasteiger partial charge in [0, 0.05) is 24.7 Å². The summed E-state index contributed by atoms with van der Waals surface area (Å²) in [4.78, 5) is 14.2. The van der Waals surface area contributed by atoms with Gasteiger partial charge in [0.15, 0.2) is 5.69 Å². The first-order valence-electron chi connectivity index (χ1n) is 6.31. The topological polar surface area (TPSA) is 58.4 Å². The third-order valence-corrected chi connectivity index (χ3v) is 3.78. The molecule has 0 saturated carbocycles. The Labute approximate surface area is 100 Å². The molecule has 0 aliphatic carbocycles. The van der Waals surface area contributed by atoms with E-state index < -0.39 is 0 Å². The molecule has 2 saturated heterocycles. The van der Waals surface area contributed by atoms with E-state index in [-0.39, 0.29) is 5.91 Å². The largest absolute Gasteiger partial charge is 0.364 e. The summed E-state index contributed by atoms with van der Waals surface area (Å²) in [6.45, 7) is 1.92. The van der Waals surface area contributed by atoms with Crippen molar-refractivity contribution in [2.75, 3.05) is 13.1 Å². The van der Waals surface area contributed by atoms with E-state index in [4.69, 9.17) is 4.52 Å². The van der Waals surface area contributed by atoms with Crippen LogP contribution in [0, 0.1) is 0 Å². The van der Waals surface area contributed by atoms with Gasteiger partial charge in [0.1, 0.15) is 6.26 Å². The van der Waals surface area contributed by atoms with Crippen molar-refractivity contribution in [2.24, 2.45) is 0 Å². The van der Waals surface area contributed by atoms with Gasteiger partial charge in [-0.25, -0.2) is 0 Å². The van der Waals surface area contributed by atoms with Gasteiger partial charge in [-0.15, -0.1) is 0 Å². The Kier molecular flexibility index (Phi) is 2.84. The van der Waals surface area contributed by atoms with Gasteiger partial charge in [-0.3, -0.25) is 4.79 Å². The summed E-state index contributed by atoms with van der Waals surface area (Å²) in [5.74, 6) is 0.00921. The highest BCUT2D eigenvalue weighted by atomic mass is 16.5. The Balaban J connectivity index is 1.75. The van der Waals surface area contributed by atoms with Crippen LogP contribution < -0.4 is 5.32 Å². The maximum Gasteiger partial charge on any atom is 0.276 e. The van der Waals surface area contributed by atoms with Crippen molar-refractivity contribution >= 4 is 5.91 Å². The predicted molar refractivity (Wildman–Crippen MR) is 61.6 cm³/mol. The van der Waals surface area contributed by atoms with Crippen LogP contribution in [0.3, 0.4) is 0 Å². The van der Waals surface area contributed by atoms with Gasteiger partial charge in [0.2, 0.25) is 0 Å². The van der Waals surface area contributed by atoms with Crippen LogP contribution in [0.5, 0.6) is 0 Å². The smallest absolute Gasteiger partial charge is 0.276 e. The second kappa shape index (κ2) is 4.49. The van der Waals surface area contributed by atoms with E-state index in [1.807, 2.05) is 4.90 Å². The third-order valence-electron chi connectivity index (χ3n) is 3.78. The van der Waals surface area contributed by atoms with Crippen molar-refractivity contribution < 1.29 is 9.32 Å². The van der Waals surface area contributed by atoms with Crippen LogP contribution in [0.25, 0.3) is 0 Å². The lowest BCUT2D eigenvalue weighted by molar-refractivity contribution is 0.0701. The van der Waals surface area contributed by atoms with E-state index in [9.17, 15) is 4.79 Å². The Morgan fingerprint density at radius 2 is 2.41 bits per heavy atom. The normalized spacial score (nSPS) is 28.8. The molecule has 2 aliphatic heterocycles. The van der Waals surface area contributed by atoms with E-state index >= 15 is 0 Å². The molecular weight excluding hydrogens is 218 g/mol. The number of carbonyl (C=O) groups is 1. The van der Waals surface area contributed by atoms with Gasteiger partial charge < -0.3 is 14.7 Å². The number of amides is 1. The molecule has 1 aromatic heterocycles. The molecule has 5 nitrogen and oxygen atoms in total. The highest BCUT2D eigenvalue weighted by Gasteiger charge is 2.36. The maximum atomic E-state index is 12.3. The highest BCUT2D eigenvalue weighted by molar-refractivity contribution is 5.92. The highest BCUT2D eigenvalue weighted by Crippen LogP contribution is 2.26. The number of hydrogen-bond acceptors (Lipinski definition) is 4. The molecule has 0 radical (unpaired) electrons. The average Bonchev–Trinajstić information content (AvgIpc) is 3.09. The SMILES string of the molecule is O=C(c1ccon1)N1CCCC1C1CCCN1. The van der Waals surface area contributed by atoms with Crippen LogP contribution in [0.4, 0.5) is 0 Å². The molecule has 92 valence electrons. The molecule has 1 aromatic rings. The summed E-state index contributed by atoms with van der Waals surface area (Å²) < 4.78 is 4.74. The molecule has 17 heavy (non-hydrogen) atoms. The van der Waals surface area contributed by atoms with Crippen LogP contribution >= 0.6 is 0 Å². The minimum absolute atomic E-state index is 0.00921. The molecule has 2 atom stereocenters. The third kappa shape index (κ3) is 1.95. The number of rotatable bonds is 2. The Hall–Kier alpha value is -1.36. The first-order chi connectivity index (χ1) is 8.36. The quantitative estimate of drug-likeness (QED) is 0.831. The van der Waals surface area contributed by atoms with Crippen molar-refractivity contribution in [3.63, 3.8) is 0 Å². The molecule has 1 amide bonds. The number of likely N-dealkylation sites (tertiary alicyclic amines) is 1. The van der Waals surface area contributed by atoms with Gasteiger partial charge >= 0.3 is 0 Å². The number of hydrogen-bond donors (Lipinski definition) is 1. The molecule has 5 heteroatoms. The zero-order chi connectivity index (χ0) is 11.7. The molecule has 2 aliphatic rings. The molecular formula is C12H17N3O2. The fourth-order valence-corrected chi connectivity index (χ4v) is 2.97. The van der Waals surface area contributed by atoms with Crippen LogP contribution in [0.1, 0.15) is 36.2 Å². The Bertz CT molecular complexity index is 384. The summed E-state index contributed by atoms with van der Waals surface area (Å²) in [7, 11) is 0. The van der Waals surface area contributed by atoms with Crippen molar-refractivity contribution in [3.05, 3.63) is 18.0 Å². The van der Waals surface area contributed by atoms with Crippen LogP contribution in [-0.2, 0) is 0 Å². The summed E-state index contributed by atoms with van der Waals surface area (Å²) in [6, 6.07) is 2.44. The zero-order valence-electron chi connectivity index (χ0n) is 9.76. The maximum absolute atomic E-state index is 12.3. The van der Waals surface area contributed by atoms with E-state index in [1.165, 1.54) is 19.1 Å². The monoisotopic (exact) mass is 235 g/mol. The molecule has 3 rings (SSSR count). The van der Waals surface area contributed by atoms with Gasteiger partial charge in [0.05, 0.1) is 0 Å². The average molecular weight is 235 g/mol. The van der Waals surface area contributed by atoms with E-state index in [2.05, 4.69) is 10.5 Å². The second-order valence-electron chi connectivity index (χ2n) is 4.80. The second-order valence-corrected chi connectivity index (χ2v) is 4.80. The van der Waals surface area contributed by atoms with Crippen molar-refractivity contribution in [1.29, 1.82) is 0 Å². The zero-order valence-corrected chi connectivity index (χ0v) is 9.76. The summed E-state index contributed by atoms with van der Waals surface area (Å²) >= 11 is 0. The lowest BCUT2D eigenvalue weighted by Gasteiger charge is -2.28. The van der Waals surface area contributed by atoms with Crippen LogP contribution in [0.15, 0.2) is 16.9 Å². The number of aromatic nitrogens is 1. The molecule has 3 heterocycles. The summed E-state index contributed by atoms with van der Waals surface area (Å²) in [6.07, 6.45) is 6.03. The minimum atomic E-state index is 0.00921. The number of nitrogens with one attached hydrogen (secondary N) is 1. The van der Waals surface area contributed by atoms with E-state index in [0.717, 1.165) is 25.9 Å². The van der Waals surface area contributed by atoms with Crippen LogP contribution in [-0.4, -0.2) is 41.1 Å². The van der Waals surface area contributed by atoms with Gasteiger partial charge in [0.25, 0.3) is 5.91 Å². The molecule has 2 fully saturated rings. The predicted octanol–water partition coefficient (Wildman–Crippen LogP) is 1.03. The minimum Gasteiger partial charge on any atom is -0.364 e. The molecule has 2 unspecified atom stereocenters. The van der Waals surface area contributed by atoms with Gasteiger partial charge in [-0.05, 0) is 32.2 Å². The Morgan fingerprint density at radius 3 is 3.12 bits per heavy atom. The lowest BCUT2D eigenvalue weighted by Crippen LogP contribution is -2.46. The summed E-state index contributed by atoms with van der Waals surface area (Å²) in [5.41, 5.74) is 0.426. The molecule has 0 spiro atoms. The van der Waals surface area contributed by atoms with Gasteiger partial charge in [-0.1, -0.05) is 5.16 Å². The Morgan fingerprint density at radius 1 is 1.47 bits per heavy atom. The molecule has 1 N–H and O–H groups in total. The number of carbonyl (C=O) groups excluding carboxylic acids is 1. The molecule has 0 bridgehead atoms. The summed E-state index contributed by atoms with van der Waals surface area (Å²) in [5, 5.41) is 7.23. The first-order valence-corrected chi connectivity index (χ1v) is 6.31. The fraction of sp³-hybridized carbons (Fsp3) is 0.667. The van der Waals surface area contributed by atoms with Crippen molar-refractivity contribution in [1.82, 2.24) is 15.4 Å². The number of nitrogens with zero attached hydrogens (tertiary/aromatic N) is 2. The molecule has 0 aromatic carbocycles. The van der Waals surface area contributed by atoms with Gasteiger partial charge in [-0.2, -0.15) is 0 Å². The van der Waals surface area contributed by atoms with E-state index in [1.54, 1.807) is 6.07 Å². The fourth-order valence-electron chi connectivity index (χ4n) is 2.97. The first kappa shape index (κ1) is 10.8. The van der Waals surface area contributed by atoms with Crippen molar-refractivity contribution in [2.45, 2.75) is 37.8 Å². The van der Waals surface area contributed by atoms with E-state index in [0.29, 0.717) is 17.8 Å². The lowest BCUT2D eigenvalue weighted by atomic mass is 10.0. The standard InChI is InChI=1S/C12H17N3O2/c16-12(10-5-8-17-14-10)15-7-2-4-11(15)9-3-1-6-13-9/h5,8-9,11,13H,1-4,6-7H2. The van der Waals surface area contributed by atoms with Crippen molar-refractivity contribution in [3.8, 4) is 0 Å². The van der Waals surface area contributed by atoms with Crippen LogP contribution in [0.2, 0.25) is 0 Å².